The summed E-state index contributed by atoms with van der Waals surface area (Å²) in [6.45, 7) is 3.84. The third-order valence-corrected chi connectivity index (χ3v) is 6.48. The second-order valence-electron chi connectivity index (χ2n) is 10.1. The molecular formula is C35H32N4O8. The zero-order chi connectivity index (χ0) is 33.8. The first kappa shape index (κ1) is 33.6. The molecule has 2 amide bonds. The van der Waals surface area contributed by atoms with Gasteiger partial charge in [-0.3, -0.25) is 9.59 Å². The Hall–Kier alpha value is -6.30. The standard InChI is InChI=1S/C35H32N4O8/c1-22-5-11-26(12-6-22)34(42)46-28-15-9-24(17-30(28)44-3)20-36-38-32(40)19-33(41)39-37-21-25-10-16-29(31(18-25)45-4)47-35(43)27-13-7-23(2)8-14-27/h5-18,20-21H,19H2,1-4H3,(H,38,40)(H,39,41). The lowest BCUT2D eigenvalue weighted by Crippen LogP contribution is -2.27. The molecule has 4 aromatic rings. The monoisotopic (exact) mass is 636 g/mol. The number of rotatable bonds is 12. The van der Waals surface area contributed by atoms with Crippen LogP contribution in [0, 0.1) is 13.8 Å². The van der Waals surface area contributed by atoms with E-state index in [4.69, 9.17) is 18.9 Å². The maximum atomic E-state index is 12.5. The number of ether oxygens (including phenoxy) is 4. The number of hydrogen-bond acceptors (Lipinski definition) is 10. The minimum atomic E-state index is -0.675. The van der Waals surface area contributed by atoms with E-state index in [1.54, 1.807) is 60.7 Å². The summed E-state index contributed by atoms with van der Waals surface area (Å²) in [5.41, 5.74) is 8.44. The van der Waals surface area contributed by atoms with Crippen molar-refractivity contribution >= 4 is 36.2 Å². The first-order valence-corrected chi connectivity index (χ1v) is 14.2. The van der Waals surface area contributed by atoms with Gasteiger partial charge in [-0.15, -0.1) is 0 Å². The number of carbonyl (C=O) groups is 4. The molecule has 0 spiro atoms. The van der Waals surface area contributed by atoms with E-state index in [1.165, 1.54) is 26.6 Å². The largest absolute Gasteiger partial charge is 0.493 e. The molecule has 4 rings (SSSR count). The Kier molecular flexibility index (Phi) is 11.5. The molecule has 0 aromatic heterocycles. The average molecular weight is 637 g/mol. The first-order chi connectivity index (χ1) is 22.6. The minimum absolute atomic E-state index is 0.215. The highest BCUT2D eigenvalue weighted by molar-refractivity contribution is 5.97. The van der Waals surface area contributed by atoms with E-state index in [2.05, 4.69) is 21.1 Å². The average Bonchev–Trinajstić information content (AvgIpc) is 3.06. The van der Waals surface area contributed by atoms with Crippen molar-refractivity contribution in [1.29, 1.82) is 0 Å². The van der Waals surface area contributed by atoms with E-state index >= 15 is 0 Å². The molecule has 0 unspecified atom stereocenters. The fourth-order valence-corrected chi connectivity index (χ4v) is 3.98. The van der Waals surface area contributed by atoms with Crippen molar-refractivity contribution in [3.63, 3.8) is 0 Å². The molecule has 2 N–H and O–H groups in total. The van der Waals surface area contributed by atoms with Crippen LogP contribution in [0.1, 0.15) is 49.4 Å². The van der Waals surface area contributed by atoms with Gasteiger partial charge in [0.15, 0.2) is 23.0 Å². The number of esters is 2. The van der Waals surface area contributed by atoms with Gasteiger partial charge in [0.25, 0.3) is 0 Å². The van der Waals surface area contributed by atoms with Gasteiger partial charge in [0, 0.05) is 0 Å². The van der Waals surface area contributed by atoms with Crippen LogP contribution >= 0.6 is 0 Å². The molecule has 47 heavy (non-hydrogen) atoms. The van der Waals surface area contributed by atoms with Crippen LogP contribution in [0.15, 0.2) is 95.1 Å². The number of aryl methyl sites for hydroxylation is 2. The molecule has 0 atom stereocenters. The minimum Gasteiger partial charge on any atom is -0.493 e. The zero-order valence-electron chi connectivity index (χ0n) is 26.1. The van der Waals surface area contributed by atoms with Crippen molar-refractivity contribution in [2.45, 2.75) is 20.3 Å². The molecule has 0 fully saturated rings. The van der Waals surface area contributed by atoms with Crippen LogP contribution in [-0.4, -0.2) is 50.4 Å². The quantitative estimate of drug-likeness (QED) is 0.0743. The van der Waals surface area contributed by atoms with E-state index in [9.17, 15) is 19.2 Å². The van der Waals surface area contributed by atoms with Gasteiger partial charge < -0.3 is 18.9 Å². The Bertz CT molecular complexity index is 1680. The summed E-state index contributed by atoms with van der Waals surface area (Å²) < 4.78 is 21.6. The van der Waals surface area contributed by atoms with Crippen molar-refractivity contribution in [2.75, 3.05) is 14.2 Å². The number of carbonyl (C=O) groups excluding carboxylic acids is 4. The fourth-order valence-electron chi connectivity index (χ4n) is 3.98. The number of hydrogen-bond donors (Lipinski definition) is 2. The molecule has 0 aliphatic heterocycles. The van der Waals surface area contributed by atoms with Gasteiger partial charge in [-0.05, 0) is 85.6 Å². The molecular weight excluding hydrogens is 604 g/mol. The molecule has 0 heterocycles. The van der Waals surface area contributed by atoms with Crippen molar-refractivity contribution in [3.8, 4) is 23.0 Å². The van der Waals surface area contributed by atoms with Crippen LogP contribution < -0.4 is 29.8 Å². The maximum Gasteiger partial charge on any atom is 0.343 e. The van der Waals surface area contributed by atoms with Crippen LogP contribution in [0.3, 0.4) is 0 Å². The molecule has 0 bridgehead atoms. The van der Waals surface area contributed by atoms with Crippen molar-refractivity contribution in [2.24, 2.45) is 10.2 Å². The van der Waals surface area contributed by atoms with Gasteiger partial charge in [-0.1, -0.05) is 35.4 Å². The number of amides is 2. The summed E-state index contributed by atoms with van der Waals surface area (Å²) in [6, 6.07) is 23.4. The summed E-state index contributed by atoms with van der Waals surface area (Å²) in [5.74, 6) is -1.41. The van der Waals surface area contributed by atoms with Crippen molar-refractivity contribution < 1.29 is 38.1 Å². The Morgan fingerprint density at radius 1 is 0.574 bits per heavy atom. The highest BCUT2D eigenvalue weighted by atomic mass is 16.6. The van der Waals surface area contributed by atoms with Gasteiger partial charge in [0.1, 0.15) is 6.42 Å². The molecule has 4 aromatic carbocycles. The molecule has 0 saturated carbocycles. The fraction of sp³-hybridized carbons (Fsp3) is 0.143. The number of benzene rings is 4. The van der Waals surface area contributed by atoms with E-state index in [0.29, 0.717) is 22.3 Å². The number of hydrazone groups is 2. The van der Waals surface area contributed by atoms with Crippen LogP contribution in [-0.2, 0) is 9.59 Å². The third-order valence-electron chi connectivity index (χ3n) is 6.48. The topological polar surface area (TPSA) is 154 Å². The van der Waals surface area contributed by atoms with Gasteiger partial charge >= 0.3 is 11.9 Å². The Morgan fingerprint density at radius 3 is 1.32 bits per heavy atom. The summed E-state index contributed by atoms with van der Waals surface area (Å²) in [6.07, 6.45) is 2.15. The SMILES string of the molecule is COc1cc(C=NNC(=O)CC(=O)NN=Cc2ccc(OC(=O)c3ccc(C)cc3)c(OC)c2)ccc1OC(=O)c1ccc(C)cc1. The Labute approximate surface area is 271 Å². The first-order valence-electron chi connectivity index (χ1n) is 14.2. The predicted octanol–water partition coefficient (Wildman–Crippen LogP) is 4.75. The summed E-state index contributed by atoms with van der Waals surface area (Å²) in [7, 11) is 2.86. The van der Waals surface area contributed by atoms with Crippen LogP contribution in [0.4, 0.5) is 0 Å². The van der Waals surface area contributed by atoms with Crippen LogP contribution in [0.25, 0.3) is 0 Å². The van der Waals surface area contributed by atoms with E-state index in [1.807, 2.05) is 38.1 Å². The summed E-state index contributed by atoms with van der Waals surface area (Å²) in [4.78, 5) is 49.3. The molecule has 0 saturated heterocycles. The van der Waals surface area contributed by atoms with Gasteiger partial charge in [-0.25, -0.2) is 20.4 Å². The molecule has 240 valence electrons. The summed E-state index contributed by atoms with van der Waals surface area (Å²) >= 11 is 0. The normalized spacial score (nSPS) is 10.8. The smallest absolute Gasteiger partial charge is 0.343 e. The highest BCUT2D eigenvalue weighted by Gasteiger charge is 2.14. The Balaban J connectivity index is 1.25. The zero-order valence-corrected chi connectivity index (χ0v) is 26.1. The van der Waals surface area contributed by atoms with E-state index in [0.717, 1.165) is 11.1 Å². The number of nitrogens with one attached hydrogen (secondary N) is 2. The molecule has 0 aliphatic carbocycles. The van der Waals surface area contributed by atoms with Gasteiger partial charge in [0.05, 0.1) is 37.8 Å². The maximum absolute atomic E-state index is 12.5. The summed E-state index contributed by atoms with van der Waals surface area (Å²) in [5, 5.41) is 7.72. The second kappa shape index (κ2) is 16.1. The molecule has 12 nitrogen and oxygen atoms in total. The molecule has 12 heteroatoms. The molecule has 0 aliphatic rings. The number of methoxy groups -OCH3 is 2. The lowest BCUT2D eigenvalue weighted by Gasteiger charge is -2.10. The van der Waals surface area contributed by atoms with Crippen molar-refractivity contribution in [1.82, 2.24) is 10.9 Å². The predicted molar refractivity (Wildman–Crippen MR) is 174 cm³/mol. The van der Waals surface area contributed by atoms with Crippen LogP contribution in [0.2, 0.25) is 0 Å². The van der Waals surface area contributed by atoms with Crippen molar-refractivity contribution in [3.05, 3.63) is 118 Å². The Morgan fingerprint density at radius 2 is 0.957 bits per heavy atom. The van der Waals surface area contributed by atoms with Gasteiger partial charge in [0.2, 0.25) is 11.8 Å². The van der Waals surface area contributed by atoms with E-state index in [-0.39, 0.29) is 23.0 Å². The lowest BCUT2D eigenvalue weighted by atomic mass is 10.1. The third kappa shape index (κ3) is 9.85. The highest BCUT2D eigenvalue weighted by Crippen LogP contribution is 2.29. The number of nitrogens with zero attached hydrogens (tertiary/aromatic N) is 2. The second-order valence-corrected chi connectivity index (χ2v) is 10.1. The lowest BCUT2D eigenvalue weighted by molar-refractivity contribution is -0.129. The molecule has 0 radical (unpaired) electrons. The van der Waals surface area contributed by atoms with E-state index < -0.39 is 30.2 Å². The van der Waals surface area contributed by atoms with Crippen LogP contribution in [0.5, 0.6) is 23.0 Å². The van der Waals surface area contributed by atoms with Gasteiger partial charge in [-0.2, -0.15) is 10.2 Å².